The summed E-state index contributed by atoms with van der Waals surface area (Å²) in [5.74, 6) is -2.00. The Morgan fingerprint density at radius 2 is 2.03 bits per heavy atom. The number of carbonyl (C=O) groups excluding carboxylic acids is 1. The number of aliphatic carboxylic acids is 1. The summed E-state index contributed by atoms with van der Waals surface area (Å²) in [4.78, 5) is 25.2. The molecule has 168 valence electrons. The molecule has 0 bridgehead atoms. The Kier molecular flexibility index (Phi) is 7.26. The number of alkyl halides is 3. The van der Waals surface area contributed by atoms with Gasteiger partial charge in [0.2, 0.25) is 5.91 Å². The molecule has 0 aromatic carbocycles. The fraction of sp³-hybridized carbons (Fsp3) is 0.500. The number of rotatable bonds is 6. The van der Waals surface area contributed by atoms with E-state index in [4.69, 9.17) is 19.7 Å². The van der Waals surface area contributed by atoms with Gasteiger partial charge in [0, 0.05) is 31.2 Å². The number of nitrogens with one attached hydrogen (secondary N) is 1. The average molecular weight is 440 g/mol. The molecule has 1 aliphatic heterocycles. The summed E-state index contributed by atoms with van der Waals surface area (Å²) in [6, 6.07) is 5.59. The molecule has 2 N–H and O–H groups in total. The van der Waals surface area contributed by atoms with Crippen LogP contribution in [0.15, 0.2) is 30.6 Å². The standard InChI is InChI=1S/C18H22N4O2.C2HF3O2/c23-17(9-15-3-1-2-7-19-15)20-10-16-18-14(6-8-24-16)12-22(21-18)11-13-4-5-13;3-2(4,5)1(6)7/h1-3,7,12-13,16H,4-6,8-11H2,(H,20,23);(H,6,7). The minimum absolute atomic E-state index is 0.0400. The molecule has 0 saturated heterocycles. The van der Waals surface area contributed by atoms with E-state index in [2.05, 4.69) is 21.2 Å². The molecular weight excluding hydrogens is 417 g/mol. The number of pyridine rings is 1. The largest absolute Gasteiger partial charge is 0.490 e. The number of carbonyl (C=O) groups is 2. The lowest BCUT2D eigenvalue weighted by Crippen LogP contribution is -2.33. The first-order valence-corrected chi connectivity index (χ1v) is 9.87. The normalized spacial score (nSPS) is 17.8. The maximum atomic E-state index is 12.1. The zero-order chi connectivity index (χ0) is 22.4. The molecule has 0 spiro atoms. The maximum Gasteiger partial charge on any atom is 0.490 e. The highest BCUT2D eigenvalue weighted by molar-refractivity contribution is 5.78. The second-order valence-electron chi connectivity index (χ2n) is 7.42. The molecular formula is C20H23F3N4O4. The first-order chi connectivity index (χ1) is 14.7. The van der Waals surface area contributed by atoms with Crippen LogP contribution in [0.4, 0.5) is 13.2 Å². The van der Waals surface area contributed by atoms with E-state index in [1.165, 1.54) is 18.4 Å². The monoisotopic (exact) mass is 440 g/mol. The molecule has 2 aromatic heterocycles. The van der Waals surface area contributed by atoms with Gasteiger partial charge in [-0.3, -0.25) is 14.5 Å². The first kappa shape index (κ1) is 22.7. The molecule has 1 fully saturated rings. The first-order valence-electron chi connectivity index (χ1n) is 9.87. The number of hydrogen-bond acceptors (Lipinski definition) is 5. The van der Waals surface area contributed by atoms with E-state index in [9.17, 15) is 18.0 Å². The van der Waals surface area contributed by atoms with E-state index in [-0.39, 0.29) is 18.4 Å². The fourth-order valence-corrected chi connectivity index (χ4v) is 3.08. The lowest BCUT2D eigenvalue weighted by atomic mass is 10.1. The highest BCUT2D eigenvalue weighted by Gasteiger charge is 2.38. The van der Waals surface area contributed by atoms with Crippen LogP contribution in [0.25, 0.3) is 0 Å². The summed E-state index contributed by atoms with van der Waals surface area (Å²) in [6.45, 7) is 2.15. The highest BCUT2D eigenvalue weighted by atomic mass is 19.4. The lowest BCUT2D eigenvalue weighted by Gasteiger charge is -2.22. The van der Waals surface area contributed by atoms with E-state index in [1.54, 1.807) is 6.20 Å². The molecule has 4 rings (SSSR count). The predicted molar refractivity (Wildman–Crippen MR) is 102 cm³/mol. The van der Waals surface area contributed by atoms with Gasteiger partial charge in [0.05, 0.1) is 18.7 Å². The van der Waals surface area contributed by atoms with Crippen molar-refractivity contribution in [1.82, 2.24) is 20.1 Å². The van der Waals surface area contributed by atoms with Crippen molar-refractivity contribution in [3.63, 3.8) is 0 Å². The van der Waals surface area contributed by atoms with Crippen LogP contribution >= 0.6 is 0 Å². The summed E-state index contributed by atoms with van der Waals surface area (Å²) in [5.41, 5.74) is 3.01. The van der Waals surface area contributed by atoms with Gasteiger partial charge in [0.1, 0.15) is 6.10 Å². The smallest absolute Gasteiger partial charge is 0.475 e. The number of fused-ring (bicyclic) bond motifs is 1. The van der Waals surface area contributed by atoms with Crippen LogP contribution in [0, 0.1) is 5.92 Å². The van der Waals surface area contributed by atoms with Crippen molar-refractivity contribution in [2.24, 2.45) is 5.92 Å². The SMILES string of the molecule is O=C(Cc1ccccn1)NCC1OCCc2cn(CC3CC3)nc21.O=C(O)C(F)(F)F. The third kappa shape index (κ3) is 7.06. The summed E-state index contributed by atoms with van der Waals surface area (Å²) >= 11 is 0. The van der Waals surface area contributed by atoms with Gasteiger partial charge in [0.15, 0.2) is 0 Å². The summed E-state index contributed by atoms with van der Waals surface area (Å²) in [5, 5.41) is 14.8. The number of ether oxygens (including phenoxy) is 1. The minimum atomic E-state index is -5.08. The zero-order valence-corrected chi connectivity index (χ0v) is 16.6. The molecule has 1 saturated carbocycles. The molecule has 1 amide bonds. The van der Waals surface area contributed by atoms with Gasteiger partial charge in [-0.1, -0.05) is 6.07 Å². The predicted octanol–water partition coefficient (Wildman–Crippen LogP) is 2.29. The van der Waals surface area contributed by atoms with Crippen LogP contribution in [0.1, 0.15) is 35.9 Å². The Labute approximate surface area is 176 Å². The van der Waals surface area contributed by atoms with Gasteiger partial charge in [-0.25, -0.2) is 4.79 Å². The number of carboxylic acids is 1. The van der Waals surface area contributed by atoms with Crippen LogP contribution in [0.5, 0.6) is 0 Å². The van der Waals surface area contributed by atoms with Gasteiger partial charge in [-0.2, -0.15) is 18.3 Å². The van der Waals surface area contributed by atoms with Crippen molar-refractivity contribution in [3.8, 4) is 0 Å². The van der Waals surface area contributed by atoms with Crippen molar-refractivity contribution in [2.45, 2.75) is 44.5 Å². The second-order valence-corrected chi connectivity index (χ2v) is 7.42. The molecule has 1 unspecified atom stereocenters. The third-order valence-electron chi connectivity index (χ3n) is 4.80. The minimum Gasteiger partial charge on any atom is -0.475 e. The highest BCUT2D eigenvalue weighted by Crippen LogP contribution is 2.32. The number of hydrogen-bond donors (Lipinski definition) is 2. The lowest BCUT2D eigenvalue weighted by molar-refractivity contribution is -0.192. The van der Waals surface area contributed by atoms with E-state index in [0.29, 0.717) is 13.2 Å². The third-order valence-corrected chi connectivity index (χ3v) is 4.80. The van der Waals surface area contributed by atoms with E-state index >= 15 is 0 Å². The van der Waals surface area contributed by atoms with Crippen molar-refractivity contribution < 1.29 is 32.6 Å². The van der Waals surface area contributed by atoms with Crippen molar-refractivity contribution in [1.29, 1.82) is 0 Å². The summed E-state index contributed by atoms with van der Waals surface area (Å²) in [6.07, 6.45) is 2.43. The van der Waals surface area contributed by atoms with Crippen molar-refractivity contribution >= 4 is 11.9 Å². The van der Waals surface area contributed by atoms with Gasteiger partial charge in [0.25, 0.3) is 0 Å². The van der Waals surface area contributed by atoms with Crippen molar-refractivity contribution in [2.75, 3.05) is 13.2 Å². The topological polar surface area (TPSA) is 106 Å². The fourth-order valence-electron chi connectivity index (χ4n) is 3.08. The Bertz CT molecular complexity index is 898. The van der Waals surface area contributed by atoms with Gasteiger partial charge in [-0.15, -0.1) is 0 Å². The molecule has 31 heavy (non-hydrogen) atoms. The summed E-state index contributed by atoms with van der Waals surface area (Å²) in [7, 11) is 0. The average Bonchev–Trinajstić information content (AvgIpc) is 3.43. The zero-order valence-electron chi connectivity index (χ0n) is 16.6. The molecule has 1 aliphatic carbocycles. The van der Waals surface area contributed by atoms with Gasteiger partial charge >= 0.3 is 12.1 Å². The Balaban J connectivity index is 0.000000339. The van der Waals surface area contributed by atoms with Crippen LogP contribution in [-0.2, 0) is 33.7 Å². The van der Waals surface area contributed by atoms with Crippen LogP contribution < -0.4 is 5.32 Å². The van der Waals surface area contributed by atoms with Crippen LogP contribution in [0.2, 0.25) is 0 Å². The number of aromatic nitrogens is 3. The van der Waals surface area contributed by atoms with Crippen molar-refractivity contribution in [3.05, 3.63) is 47.5 Å². The maximum absolute atomic E-state index is 12.1. The summed E-state index contributed by atoms with van der Waals surface area (Å²) < 4.78 is 39.6. The Hall–Kier alpha value is -2.95. The van der Waals surface area contributed by atoms with E-state index < -0.39 is 12.1 Å². The number of carboxylic acid groups (broad SMARTS) is 1. The molecule has 0 radical (unpaired) electrons. The number of nitrogens with zero attached hydrogens (tertiary/aromatic N) is 3. The Morgan fingerprint density at radius 3 is 2.65 bits per heavy atom. The molecule has 3 heterocycles. The molecule has 11 heteroatoms. The Morgan fingerprint density at radius 1 is 1.29 bits per heavy atom. The number of amides is 1. The van der Waals surface area contributed by atoms with Crippen LogP contribution in [0.3, 0.4) is 0 Å². The van der Waals surface area contributed by atoms with E-state index in [1.807, 2.05) is 18.2 Å². The van der Waals surface area contributed by atoms with E-state index in [0.717, 1.165) is 30.3 Å². The molecule has 1 atom stereocenters. The van der Waals surface area contributed by atoms with Crippen LogP contribution in [-0.4, -0.2) is 51.1 Å². The molecule has 2 aliphatic rings. The van der Waals surface area contributed by atoms with Gasteiger partial charge in [-0.05, 0) is 42.9 Å². The number of halogens is 3. The molecule has 8 nitrogen and oxygen atoms in total. The van der Waals surface area contributed by atoms with Gasteiger partial charge < -0.3 is 15.2 Å². The molecule has 2 aromatic rings. The quantitative estimate of drug-likeness (QED) is 0.714. The second kappa shape index (κ2) is 9.90.